The Kier molecular flexibility index (Phi) is 5.23. The van der Waals surface area contributed by atoms with Gasteiger partial charge in [-0.05, 0) is 13.0 Å². The van der Waals surface area contributed by atoms with Gasteiger partial charge in [-0.15, -0.1) is 0 Å². The predicted molar refractivity (Wildman–Crippen MR) is 70.9 cm³/mol. The molecule has 20 heavy (non-hydrogen) atoms. The summed E-state index contributed by atoms with van der Waals surface area (Å²) < 4.78 is 27.3. The van der Waals surface area contributed by atoms with Crippen molar-refractivity contribution in [2.75, 3.05) is 11.9 Å². The molecule has 1 amide bonds. The lowest BCUT2D eigenvalue weighted by atomic mass is 9.99. The van der Waals surface area contributed by atoms with Crippen molar-refractivity contribution in [1.29, 1.82) is 0 Å². The molecule has 0 spiro atoms. The molecule has 0 atom stereocenters. The number of rotatable bonds is 5. The van der Waals surface area contributed by atoms with Gasteiger partial charge in [0.1, 0.15) is 19.2 Å². The number of nitrogens with one attached hydrogen (secondary N) is 1. The van der Waals surface area contributed by atoms with Crippen LogP contribution in [-0.4, -0.2) is 39.7 Å². The summed E-state index contributed by atoms with van der Waals surface area (Å²) in [5, 5.41) is 7.15. The quantitative estimate of drug-likeness (QED) is 0.383. The van der Waals surface area contributed by atoms with Gasteiger partial charge in [-0.1, -0.05) is 5.46 Å². The Morgan fingerprint density at radius 3 is 2.70 bits per heavy atom. The zero-order valence-corrected chi connectivity index (χ0v) is 11.4. The van der Waals surface area contributed by atoms with Crippen molar-refractivity contribution in [2.45, 2.75) is 18.2 Å². The average Bonchev–Trinajstić information content (AvgIpc) is 2.30. The highest BCUT2D eigenvalue weighted by molar-refractivity contribution is 7.89. The van der Waals surface area contributed by atoms with Crippen molar-refractivity contribution in [3.05, 3.63) is 12.3 Å². The topological polar surface area (TPSA) is 128 Å². The molecule has 1 aromatic heterocycles. The number of carbonyl (C=O) groups is 2. The van der Waals surface area contributed by atoms with Crippen LogP contribution in [0.3, 0.4) is 0 Å². The van der Waals surface area contributed by atoms with Crippen LogP contribution in [0.25, 0.3) is 0 Å². The number of sulfonamides is 1. The summed E-state index contributed by atoms with van der Waals surface area (Å²) in [6, 6.07) is 1.06. The summed E-state index contributed by atoms with van der Waals surface area (Å²) in [5.41, 5.74) is 0.0671. The Labute approximate surface area is 117 Å². The molecular weight excluding hydrogens is 285 g/mol. The number of nitrogens with zero attached hydrogens (tertiary/aromatic N) is 1. The number of hydrogen-bond donors (Lipinski definition) is 2. The standard InChI is InChI=1S/C10H12BN3O5S/c1-2-19-9(16)4-8(15)14-10-7(20(12,17)18)3-6(11)5-13-10/h3,5H,2,4H2,1H3,(H2,12,17,18)(H,13,14,15). The van der Waals surface area contributed by atoms with Gasteiger partial charge >= 0.3 is 5.97 Å². The molecule has 3 N–H and O–H groups in total. The van der Waals surface area contributed by atoms with E-state index in [1.807, 2.05) is 0 Å². The van der Waals surface area contributed by atoms with E-state index >= 15 is 0 Å². The van der Waals surface area contributed by atoms with E-state index in [0.29, 0.717) is 0 Å². The fraction of sp³-hybridized carbons (Fsp3) is 0.300. The van der Waals surface area contributed by atoms with Crippen LogP contribution >= 0.6 is 0 Å². The first-order valence-corrected chi connectivity index (χ1v) is 7.02. The van der Waals surface area contributed by atoms with Crippen molar-refractivity contribution in [3.8, 4) is 0 Å². The Morgan fingerprint density at radius 1 is 1.50 bits per heavy atom. The van der Waals surface area contributed by atoms with Gasteiger partial charge in [0, 0.05) is 6.20 Å². The lowest BCUT2D eigenvalue weighted by Gasteiger charge is -2.09. The third-order valence-electron chi connectivity index (χ3n) is 2.05. The fourth-order valence-electron chi connectivity index (χ4n) is 1.29. The molecule has 0 saturated carbocycles. The second-order valence-electron chi connectivity index (χ2n) is 3.69. The summed E-state index contributed by atoms with van der Waals surface area (Å²) in [4.78, 5) is 25.9. The third-order valence-corrected chi connectivity index (χ3v) is 2.97. The number of esters is 1. The van der Waals surface area contributed by atoms with Gasteiger partial charge in [0.15, 0.2) is 5.82 Å². The van der Waals surface area contributed by atoms with Crippen LogP contribution in [0.2, 0.25) is 0 Å². The van der Waals surface area contributed by atoms with Crippen LogP contribution in [0.1, 0.15) is 13.3 Å². The summed E-state index contributed by atoms with van der Waals surface area (Å²) in [5.74, 6) is -1.81. The van der Waals surface area contributed by atoms with Crippen LogP contribution in [0.15, 0.2) is 17.2 Å². The minimum absolute atomic E-state index is 0.0671. The SMILES string of the molecule is [B]c1cnc(NC(=O)CC(=O)OCC)c(S(N)(=O)=O)c1. The monoisotopic (exact) mass is 297 g/mol. The normalized spacial score (nSPS) is 10.9. The average molecular weight is 297 g/mol. The number of pyridine rings is 1. The minimum Gasteiger partial charge on any atom is -0.466 e. The third kappa shape index (κ3) is 4.63. The van der Waals surface area contributed by atoms with E-state index in [-0.39, 0.29) is 17.9 Å². The number of carbonyl (C=O) groups excluding carboxylic acids is 2. The summed E-state index contributed by atoms with van der Waals surface area (Å²) in [6.07, 6.45) is 0.582. The lowest BCUT2D eigenvalue weighted by molar-refractivity contribution is -0.145. The van der Waals surface area contributed by atoms with E-state index in [9.17, 15) is 18.0 Å². The number of nitrogens with two attached hydrogens (primary N) is 1. The van der Waals surface area contributed by atoms with Crippen molar-refractivity contribution >= 4 is 41.0 Å². The van der Waals surface area contributed by atoms with Gasteiger partial charge in [0.25, 0.3) is 0 Å². The Morgan fingerprint density at radius 2 is 2.15 bits per heavy atom. The number of ether oxygens (including phenoxy) is 1. The highest BCUT2D eigenvalue weighted by Crippen LogP contribution is 2.15. The van der Waals surface area contributed by atoms with E-state index in [0.717, 1.165) is 12.3 Å². The molecular formula is C10H12BN3O5S. The molecule has 0 aromatic carbocycles. The maximum absolute atomic E-state index is 11.5. The van der Waals surface area contributed by atoms with E-state index < -0.39 is 33.2 Å². The fourth-order valence-corrected chi connectivity index (χ4v) is 1.96. The summed E-state index contributed by atoms with van der Waals surface area (Å²) >= 11 is 0. The van der Waals surface area contributed by atoms with E-state index in [4.69, 9.17) is 13.0 Å². The molecule has 1 aromatic rings. The first-order valence-electron chi connectivity index (χ1n) is 5.47. The Bertz CT molecular complexity index is 632. The smallest absolute Gasteiger partial charge is 0.315 e. The molecule has 1 rings (SSSR count). The summed E-state index contributed by atoms with van der Waals surface area (Å²) in [6.45, 7) is 1.73. The molecule has 1 heterocycles. The maximum atomic E-state index is 11.5. The highest BCUT2D eigenvalue weighted by Gasteiger charge is 2.19. The van der Waals surface area contributed by atoms with Crippen molar-refractivity contribution in [3.63, 3.8) is 0 Å². The zero-order chi connectivity index (χ0) is 15.3. The molecule has 0 aliphatic heterocycles. The number of amides is 1. The molecule has 8 nitrogen and oxygen atoms in total. The Balaban J connectivity index is 2.93. The molecule has 0 bridgehead atoms. The number of hydrogen-bond acceptors (Lipinski definition) is 6. The largest absolute Gasteiger partial charge is 0.466 e. The summed E-state index contributed by atoms with van der Waals surface area (Å²) in [7, 11) is 1.29. The maximum Gasteiger partial charge on any atom is 0.315 e. The lowest BCUT2D eigenvalue weighted by Crippen LogP contribution is -2.23. The van der Waals surface area contributed by atoms with E-state index in [1.54, 1.807) is 6.92 Å². The van der Waals surface area contributed by atoms with Gasteiger partial charge in [-0.3, -0.25) is 9.59 Å². The molecule has 0 fully saturated rings. The molecule has 10 heteroatoms. The van der Waals surface area contributed by atoms with Gasteiger partial charge in [-0.2, -0.15) is 0 Å². The van der Waals surface area contributed by atoms with Gasteiger partial charge in [-0.25, -0.2) is 18.5 Å². The molecule has 0 aliphatic rings. The first-order chi connectivity index (χ1) is 9.24. The number of anilines is 1. The van der Waals surface area contributed by atoms with E-state index in [2.05, 4.69) is 15.0 Å². The van der Waals surface area contributed by atoms with Gasteiger partial charge in [0.05, 0.1) is 6.61 Å². The van der Waals surface area contributed by atoms with Gasteiger partial charge in [0.2, 0.25) is 15.9 Å². The number of aromatic nitrogens is 1. The van der Waals surface area contributed by atoms with Crippen LogP contribution in [-0.2, 0) is 24.3 Å². The Hall–Kier alpha value is -1.94. The molecule has 0 saturated heterocycles. The van der Waals surface area contributed by atoms with Crippen molar-refractivity contribution in [2.24, 2.45) is 5.14 Å². The highest BCUT2D eigenvalue weighted by atomic mass is 32.2. The molecule has 0 unspecified atom stereocenters. The minimum atomic E-state index is -4.11. The number of primary sulfonamides is 1. The second kappa shape index (κ2) is 6.48. The van der Waals surface area contributed by atoms with Gasteiger partial charge < -0.3 is 10.1 Å². The molecule has 106 valence electrons. The van der Waals surface area contributed by atoms with Crippen molar-refractivity contribution in [1.82, 2.24) is 4.98 Å². The van der Waals surface area contributed by atoms with Crippen LogP contribution in [0, 0.1) is 0 Å². The predicted octanol–water partition coefficient (Wildman–Crippen LogP) is -1.59. The molecule has 2 radical (unpaired) electrons. The van der Waals surface area contributed by atoms with Crippen LogP contribution in [0.4, 0.5) is 5.82 Å². The van der Waals surface area contributed by atoms with Crippen LogP contribution in [0.5, 0.6) is 0 Å². The second-order valence-corrected chi connectivity index (χ2v) is 5.22. The van der Waals surface area contributed by atoms with Crippen LogP contribution < -0.4 is 15.9 Å². The first kappa shape index (κ1) is 16.1. The van der Waals surface area contributed by atoms with E-state index in [1.165, 1.54) is 0 Å². The zero-order valence-electron chi connectivity index (χ0n) is 10.6. The molecule has 0 aliphatic carbocycles. The van der Waals surface area contributed by atoms with Crippen molar-refractivity contribution < 1.29 is 22.7 Å².